The van der Waals surface area contributed by atoms with Crippen LogP contribution < -0.4 is 10.7 Å². The second-order valence-corrected chi connectivity index (χ2v) is 5.65. The van der Waals surface area contributed by atoms with Gasteiger partial charge in [-0.2, -0.15) is 0 Å². The lowest BCUT2D eigenvalue weighted by Gasteiger charge is -2.18. The number of amides is 3. The fourth-order valence-corrected chi connectivity index (χ4v) is 2.40. The fourth-order valence-electron chi connectivity index (χ4n) is 2.22. The van der Waals surface area contributed by atoms with Crippen molar-refractivity contribution in [3.8, 4) is 0 Å². The number of carbonyl (C=O) groups is 2. The number of aromatic amines is 1. The van der Waals surface area contributed by atoms with E-state index >= 15 is 0 Å². The third-order valence-corrected chi connectivity index (χ3v) is 3.66. The number of nitrogens with one attached hydrogen (secondary N) is 3. The van der Waals surface area contributed by atoms with E-state index in [1.165, 1.54) is 7.05 Å². The number of hydrazine groups is 1. The van der Waals surface area contributed by atoms with Crippen molar-refractivity contribution in [2.45, 2.75) is 0 Å². The molecule has 0 saturated carbocycles. The number of anilines is 1. The van der Waals surface area contributed by atoms with Crippen molar-refractivity contribution in [2.24, 2.45) is 0 Å². The van der Waals surface area contributed by atoms with E-state index in [0.717, 1.165) is 15.9 Å². The molecule has 0 fully saturated rings. The summed E-state index contributed by atoms with van der Waals surface area (Å²) >= 11 is 5.93. The molecule has 0 aliphatic rings. The number of halogens is 1. The highest BCUT2D eigenvalue weighted by atomic mass is 35.5. The van der Waals surface area contributed by atoms with Gasteiger partial charge in [0.2, 0.25) is 0 Å². The summed E-state index contributed by atoms with van der Waals surface area (Å²) in [5, 5.41) is 5.18. The average Bonchev–Trinajstić information content (AvgIpc) is 2.99. The van der Waals surface area contributed by atoms with Gasteiger partial charge in [0.1, 0.15) is 5.69 Å². The van der Waals surface area contributed by atoms with Gasteiger partial charge in [-0.3, -0.25) is 10.2 Å². The molecule has 0 spiro atoms. The molecular formula is C17H15ClN4O2. The third-order valence-electron chi connectivity index (χ3n) is 3.43. The fraction of sp³-hybridized carbons (Fsp3) is 0.0588. The first kappa shape index (κ1) is 15.9. The van der Waals surface area contributed by atoms with Gasteiger partial charge in [-0.05, 0) is 36.4 Å². The molecule has 24 heavy (non-hydrogen) atoms. The first-order valence-electron chi connectivity index (χ1n) is 7.22. The predicted molar refractivity (Wildman–Crippen MR) is 94.0 cm³/mol. The topological polar surface area (TPSA) is 77.2 Å². The Hall–Kier alpha value is -2.99. The highest BCUT2D eigenvalue weighted by molar-refractivity contribution is 6.31. The van der Waals surface area contributed by atoms with Gasteiger partial charge in [-0.1, -0.05) is 29.8 Å². The summed E-state index contributed by atoms with van der Waals surface area (Å²) in [4.78, 5) is 27.3. The number of H-pyrrole nitrogens is 1. The number of rotatable bonds is 2. The van der Waals surface area contributed by atoms with E-state index in [2.05, 4.69) is 15.7 Å². The Morgan fingerprint density at radius 2 is 1.83 bits per heavy atom. The molecule has 1 aromatic heterocycles. The number of fused-ring (bicyclic) bond motifs is 1. The number of benzene rings is 2. The monoisotopic (exact) mass is 342 g/mol. The molecule has 3 amide bonds. The maximum atomic E-state index is 12.3. The van der Waals surface area contributed by atoms with Crippen LogP contribution >= 0.6 is 11.6 Å². The maximum absolute atomic E-state index is 12.3. The van der Waals surface area contributed by atoms with Crippen LogP contribution in [0.2, 0.25) is 5.02 Å². The Morgan fingerprint density at radius 1 is 1.08 bits per heavy atom. The Kier molecular flexibility index (Phi) is 4.39. The molecule has 7 heteroatoms. The Labute approximate surface area is 143 Å². The minimum atomic E-state index is -0.450. The minimum absolute atomic E-state index is 0.339. The summed E-state index contributed by atoms with van der Waals surface area (Å²) in [6.07, 6.45) is 0. The van der Waals surface area contributed by atoms with Crippen molar-refractivity contribution in [1.29, 1.82) is 0 Å². The SMILES string of the molecule is CN(NC(=O)c1cc2cc(Cl)ccc2[nH]1)C(=O)Nc1ccccc1. The predicted octanol–water partition coefficient (Wildman–Crippen LogP) is 3.63. The molecule has 0 bridgehead atoms. The van der Waals surface area contributed by atoms with E-state index in [-0.39, 0.29) is 0 Å². The van der Waals surface area contributed by atoms with Crippen LogP contribution in [0.3, 0.4) is 0 Å². The molecule has 0 unspecified atom stereocenters. The highest BCUT2D eigenvalue weighted by Crippen LogP contribution is 2.20. The molecule has 0 radical (unpaired) electrons. The number of carbonyl (C=O) groups excluding carboxylic acids is 2. The van der Waals surface area contributed by atoms with Crippen LogP contribution in [-0.2, 0) is 0 Å². The molecule has 0 aliphatic carbocycles. The van der Waals surface area contributed by atoms with E-state index in [1.54, 1.807) is 36.4 Å². The lowest BCUT2D eigenvalue weighted by Crippen LogP contribution is -2.45. The largest absolute Gasteiger partial charge is 0.350 e. The lowest BCUT2D eigenvalue weighted by molar-refractivity contribution is 0.0857. The molecule has 6 nitrogen and oxygen atoms in total. The molecule has 3 rings (SSSR count). The van der Waals surface area contributed by atoms with Crippen molar-refractivity contribution >= 4 is 40.1 Å². The molecule has 2 aromatic carbocycles. The quantitative estimate of drug-likeness (QED) is 0.622. The number of nitrogens with zero attached hydrogens (tertiary/aromatic N) is 1. The maximum Gasteiger partial charge on any atom is 0.340 e. The van der Waals surface area contributed by atoms with E-state index in [9.17, 15) is 9.59 Å². The summed E-state index contributed by atoms with van der Waals surface area (Å²) < 4.78 is 0. The zero-order valence-electron chi connectivity index (χ0n) is 12.8. The Balaban J connectivity index is 1.67. The number of hydrogen-bond acceptors (Lipinski definition) is 2. The number of hydrogen-bond donors (Lipinski definition) is 3. The zero-order chi connectivity index (χ0) is 17.1. The van der Waals surface area contributed by atoms with Gasteiger partial charge in [0.05, 0.1) is 0 Å². The van der Waals surface area contributed by atoms with Crippen molar-refractivity contribution < 1.29 is 9.59 Å². The van der Waals surface area contributed by atoms with Gasteiger partial charge in [0.15, 0.2) is 0 Å². The van der Waals surface area contributed by atoms with Crippen molar-refractivity contribution in [2.75, 3.05) is 12.4 Å². The van der Waals surface area contributed by atoms with Gasteiger partial charge in [-0.15, -0.1) is 0 Å². The number of aromatic nitrogens is 1. The summed E-state index contributed by atoms with van der Waals surface area (Å²) in [6.45, 7) is 0. The summed E-state index contributed by atoms with van der Waals surface area (Å²) in [5.41, 5.74) is 4.28. The Bertz CT molecular complexity index is 892. The van der Waals surface area contributed by atoms with Crippen molar-refractivity contribution in [3.63, 3.8) is 0 Å². The molecule has 3 N–H and O–H groups in total. The van der Waals surface area contributed by atoms with E-state index in [0.29, 0.717) is 16.4 Å². The number of urea groups is 1. The smallest absolute Gasteiger partial charge is 0.340 e. The van der Waals surface area contributed by atoms with Crippen LogP contribution in [0.15, 0.2) is 54.6 Å². The molecule has 3 aromatic rings. The summed E-state index contributed by atoms with van der Waals surface area (Å²) in [7, 11) is 1.47. The third kappa shape index (κ3) is 3.49. The van der Waals surface area contributed by atoms with Crippen LogP contribution in [0.1, 0.15) is 10.5 Å². The van der Waals surface area contributed by atoms with E-state index in [1.807, 2.05) is 18.2 Å². The van der Waals surface area contributed by atoms with E-state index in [4.69, 9.17) is 11.6 Å². The number of para-hydroxylation sites is 1. The first-order valence-corrected chi connectivity index (χ1v) is 7.60. The molecular weight excluding hydrogens is 328 g/mol. The second kappa shape index (κ2) is 6.64. The van der Waals surface area contributed by atoms with E-state index < -0.39 is 11.9 Å². The second-order valence-electron chi connectivity index (χ2n) is 5.21. The van der Waals surface area contributed by atoms with Crippen LogP contribution in [0.25, 0.3) is 10.9 Å². The Morgan fingerprint density at radius 3 is 2.58 bits per heavy atom. The normalized spacial score (nSPS) is 10.4. The van der Waals surface area contributed by atoms with Gasteiger partial charge in [-0.25, -0.2) is 9.80 Å². The van der Waals surface area contributed by atoms with Crippen molar-refractivity contribution in [3.05, 3.63) is 65.3 Å². The first-order chi connectivity index (χ1) is 11.5. The highest BCUT2D eigenvalue weighted by Gasteiger charge is 2.15. The molecule has 0 saturated heterocycles. The molecule has 1 heterocycles. The summed E-state index contributed by atoms with van der Waals surface area (Å²) in [5.74, 6) is -0.423. The molecule has 122 valence electrons. The van der Waals surface area contributed by atoms with Crippen LogP contribution in [0.5, 0.6) is 0 Å². The molecule has 0 aliphatic heterocycles. The van der Waals surface area contributed by atoms with Gasteiger partial charge in [0.25, 0.3) is 5.91 Å². The van der Waals surface area contributed by atoms with Crippen LogP contribution in [0, 0.1) is 0 Å². The van der Waals surface area contributed by atoms with Gasteiger partial charge < -0.3 is 10.3 Å². The van der Waals surface area contributed by atoms with Gasteiger partial charge in [0, 0.05) is 28.7 Å². The summed E-state index contributed by atoms with van der Waals surface area (Å²) in [6, 6.07) is 15.5. The molecule has 0 atom stereocenters. The van der Waals surface area contributed by atoms with Crippen LogP contribution in [-0.4, -0.2) is 29.0 Å². The minimum Gasteiger partial charge on any atom is -0.350 e. The van der Waals surface area contributed by atoms with Crippen molar-refractivity contribution in [1.82, 2.24) is 15.4 Å². The van der Waals surface area contributed by atoms with Crippen LogP contribution in [0.4, 0.5) is 10.5 Å². The van der Waals surface area contributed by atoms with Gasteiger partial charge >= 0.3 is 6.03 Å². The lowest BCUT2D eigenvalue weighted by atomic mass is 10.2. The average molecular weight is 343 g/mol. The zero-order valence-corrected chi connectivity index (χ0v) is 13.6. The standard InChI is InChI=1S/C17H15ClN4O2/c1-22(17(24)19-13-5-3-2-4-6-13)21-16(23)15-10-11-9-12(18)7-8-14(11)20-15/h2-10,20H,1H3,(H,19,24)(H,21,23).